The Morgan fingerprint density at radius 2 is 1.47 bits per heavy atom. The maximum absolute atomic E-state index is 8.78. The zero-order valence-corrected chi connectivity index (χ0v) is 14.0. The summed E-state index contributed by atoms with van der Waals surface area (Å²) in [7, 11) is 4.53. The molecular formula is C13H29AlClNO. The van der Waals surface area contributed by atoms with E-state index in [0.717, 1.165) is 6.04 Å². The van der Waals surface area contributed by atoms with Gasteiger partial charge in [-0.05, 0) is 39.3 Å². The van der Waals surface area contributed by atoms with Crippen molar-refractivity contribution in [1.29, 1.82) is 0 Å². The number of hydrogen-bond donors (Lipinski definition) is 0. The predicted molar refractivity (Wildman–Crippen MR) is 78.1 cm³/mol. The van der Waals surface area contributed by atoms with E-state index in [4.69, 9.17) is 3.80 Å². The number of rotatable bonds is 9. The minimum atomic E-state index is -1.03. The van der Waals surface area contributed by atoms with Gasteiger partial charge in [0.25, 0.3) is 0 Å². The van der Waals surface area contributed by atoms with E-state index in [1.165, 1.54) is 51.6 Å². The SMILES string of the molecule is CCCCN(CCCC)C(C)CCC.[O]=[Al][Cl]. The zero-order chi connectivity index (χ0) is 13.5. The van der Waals surface area contributed by atoms with Crippen LogP contribution in [0.5, 0.6) is 0 Å². The van der Waals surface area contributed by atoms with Crippen molar-refractivity contribution < 1.29 is 3.80 Å². The fourth-order valence-corrected chi connectivity index (χ4v) is 1.88. The molecule has 0 amide bonds. The van der Waals surface area contributed by atoms with E-state index in [2.05, 4.69) is 42.6 Å². The Kier molecular flexibility index (Phi) is 19.4. The molecule has 0 saturated heterocycles. The molecule has 0 spiro atoms. The minimum absolute atomic E-state index is 0.790. The number of nitrogens with zero attached hydrogens (tertiary/aromatic N) is 1. The summed E-state index contributed by atoms with van der Waals surface area (Å²) in [6.45, 7) is 11.8. The van der Waals surface area contributed by atoms with Gasteiger partial charge in [0.05, 0.1) is 0 Å². The van der Waals surface area contributed by atoms with E-state index < -0.39 is 14.2 Å². The summed E-state index contributed by atoms with van der Waals surface area (Å²) in [5, 5.41) is 0. The maximum atomic E-state index is 8.78. The Labute approximate surface area is 118 Å². The van der Waals surface area contributed by atoms with Gasteiger partial charge in [-0.15, -0.1) is 0 Å². The van der Waals surface area contributed by atoms with Gasteiger partial charge in [-0.1, -0.05) is 40.0 Å². The van der Waals surface area contributed by atoms with Crippen molar-refractivity contribution in [2.24, 2.45) is 0 Å². The van der Waals surface area contributed by atoms with Gasteiger partial charge in [0.15, 0.2) is 0 Å². The van der Waals surface area contributed by atoms with Crippen LogP contribution in [0.2, 0.25) is 0 Å². The molecule has 0 aromatic carbocycles. The Bertz CT molecular complexity index is 150. The van der Waals surface area contributed by atoms with E-state index >= 15 is 0 Å². The second kappa shape index (κ2) is 16.6. The third kappa shape index (κ3) is 14.5. The first-order valence-electron chi connectivity index (χ1n) is 6.95. The second-order valence-corrected chi connectivity index (χ2v) is 5.18. The fraction of sp³-hybridized carbons (Fsp3) is 1.00. The van der Waals surface area contributed by atoms with E-state index in [1.807, 2.05) is 0 Å². The average molecular weight is 278 g/mol. The van der Waals surface area contributed by atoms with Crippen LogP contribution >= 0.6 is 10.0 Å². The van der Waals surface area contributed by atoms with Crippen LogP contribution in [0.3, 0.4) is 0 Å². The van der Waals surface area contributed by atoms with Crippen molar-refractivity contribution in [3.05, 3.63) is 0 Å². The quantitative estimate of drug-likeness (QED) is 0.587. The van der Waals surface area contributed by atoms with Crippen molar-refractivity contribution in [2.45, 2.75) is 72.3 Å². The summed E-state index contributed by atoms with van der Waals surface area (Å²) < 4.78 is 8.78. The predicted octanol–water partition coefficient (Wildman–Crippen LogP) is 4.27. The molecular weight excluding hydrogens is 249 g/mol. The van der Waals surface area contributed by atoms with Gasteiger partial charge in [-0.2, -0.15) is 0 Å². The molecule has 0 N–H and O–H groups in total. The molecule has 1 unspecified atom stereocenters. The standard InChI is InChI=1S/C13H29N.Al.ClH.O/c1-5-8-11-14(12-9-6-2)13(4)10-7-3;;;/h13H,5-12H2,1-4H3;;1H;/q;+1;;/p-1. The first-order valence-corrected chi connectivity index (χ1v) is 9.17. The summed E-state index contributed by atoms with van der Waals surface area (Å²) in [5.41, 5.74) is 0. The molecule has 102 valence electrons. The third-order valence-corrected chi connectivity index (χ3v) is 2.93. The molecule has 0 aliphatic carbocycles. The first-order chi connectivity index (χ1) is 8.17. The topological polar surface area (TPSA) is 20.3 Å². The summed E-state index contributed by atoms with van der Waals surface area (Å²) in [6, 6.07) is 0.790. The van der Waals surface area contributed by atoms with E-state index in [1.54, 1.807) is 0 Å². The van der Waals surface area contributed by atoms with Crippen molar-refractivity contribution in [3.63, 3.8) is 0 Å². The summed E-state index contributed by atoms with van der Waals surface area (Å²) in [4.78, 5) is 2.68. The number of unbranched alkanes of at least 4 members (excludes halogenated alkanes) is 2. The van der Waals surface area contributed by atoms with Gasteiger partial charge in [0, 0.05) is 6.04 Å². The van der Waals surface area contributed by atoms with Crippen LogP contribution in [0.1, 0.15) is 66.2 Å². The first kappa shape index (κ1) is 19.9. The van der Waals surface area contributed by atoms with Gasteiger partial charge in [0.2, 0.25) is 0 Å². The van der Waals surface area contributed by atoms with Gasteiger partial charge in [0.1, 0.15) is 0 Å². The fourth-order valence-electron chi connectivity index (χ4n) is 1.88. The monoisotopic (exact) mass is 277 g/mol. The Hall–Kier alpha value is 0.582. The number of halogens is 1. The Balaban J connectivity index is 0. The van der Waals surface area contributed by atoms with Crippen LogP contribution in [0.15, 0.2) is 0 Å². The number of hydrogen-bond acceptors (Lipinski definition) is 2. The third-order valence-electron chi connectivity index (χ3n) is 2.93. The van der Waals surface area contributed by atoms with Crippen LogP contribution in [0.25, 0.3) is 0 Å². The molecule has 0 heterocycles. The summed E-state index contributed by atoms with van der Waals surface area (Å²) in [6.07, 6.45) is 8.03. The van der Waals surface area contributed by atoms with Gasteiger partial charge < -0.3 is 4.90 Å². The molecule has 17 heavy (non-hydrogen) atoms. The molecule has 0 aromatic heterocycles. The average Bonchev–Trinajstić information content (AvgIpc) is 2.30. The molecule has 0 bridgehead atoms. The van der Waals surface area contributed by atoms with Crippen LogP contribution in [0, 0.1) is 0 Å². The van der Waals surface area contributed by atoms with Crippen molar-refractivity contribution in [1.82, 2.24) is 4.90 Å². The molecule has 2 nitrogen and oxygen atoms in total. The van der Waals surface area contributed by atoms with E-state index in [-0.39, 0.29) is 0 Å². The molecule has 0 aliphatic rings. The van der Waals surface area contributed by atoms with E-state index in [0.29, 0.717) is 0 Å². The van der Waals surface area contributed by atoms with E-state index in [9.17, 15) is 0 Å². The Morgan fingerprint density at radius 1 is 1.06 bits per heavy atom. The zero-order valence-electron chi connectivity index (χ0n) is 12.0. The van der Waals surface area contributed by atoms with Crippen LogP contribution in [-0.4, -0.2) is 38.3 Å². The molecule has 0 aromatic rings. The van der Waals surface area contributed by atoms with Gasteiger partial charge in [-0.3, -0.25) is 0 Å². The molecule has 0 saturated carbocycles. The molecule has 0 fully saturated rings. The molecule has 1 atom stereocenters. The van der Waals surface area contributed by atoms with Crippen LogP contribution in [-0.2, 0) is 3.80 Å². The molecule has 0 rings (SSSR count). The summed E-state index contributed by atoms with van der Waals surface area (Å²) >= 11 is -1.03. The molecule has 0 radical (unpaired) electrons. The van der Waals surface area contributed by atoms with Crippen molar-refractivity contribution in [3.8, 4) is 0 Å². The van der Waals surface area contributed by atoms with Gasteiger partial charge in [-0.25, -0.2) is 0 Å². The van der Waals surface area contributed by atoms with Crippen LogP contribution < -0.4 is 0 Å². The molecule has 4 heteroatoms. The van der Waals surface area contributed by atoms with Crippen LogP contribution in [0.4, 0.5) is 0 Å². The van der Waals surface area contributed by atoms with Crippen molar-refractivity contribution >= 4 is 24.3 Å². The van der Waals surface area contributed by atoms with Crippen molar-refractivity contribution in [2.75, 3.05) is 13.1 Å². The Morgan fingerprint density at radius 3 is 1.76 bits per heavy atom. The van der Waals surface area contributed by atoms with Gasteiger partial charge >= 0.3 is 28.1 Å². The normalized spacial score (nSPS) is 11.6. The molecule has 0 aliphatic heterocycles. The second-order valence-electron chi connectivity index (χ2n) is 4.47. The summed E-state index contributed by atoms with van der Waals surface area (Å²) in [5.74, 6) is 0.